The van der Waals surface area contributed by atoms with Crippen LogP contribution in [0.2, 0.25) is 0 Å². The summed E-state index contributed by atoms with van der Waals surface area (Å²) in [5.41, 5.74) is 1.95. The van der Waals surface area contributed by atoms with Gasteiger partial charge in [-0.25, -0.2) is 4.39 Å². The minimum atomic E-state index is -0.395. The number of piperidine rings is 1. The number of anilines is 1. The lowest BCUT2D eigenvalue weighted by Crippen LogP contribution is -2.43. The molecule has 1 saturated heterocycles. The number of rotatable bonds is 3. The number of likely N-dealkylation sites (tertiary alicyclic amines) is 1. The molecular formula is C21H20FN3O2. The van der Waals surface area contributed by atoms with Gasteiger partial charge in [-0.15, -0.1) is 0 Å². The molecule has 0 saturated carbocycles. The molecule has 1 fully saturated rings. The van der Waals surface area contributed by atoms with Gasteiger partial charge in [0.1, 0.15) is 5.82 Å². The zero-order chi connectivity index (χ0) is 18.8. The maximum absolute atomic E-state index is 13.3. The van der Waals surface area contributed by atoms with E-state index in [4.69, 9.17) is 0 Å². The second-order valence-electron chi connectivity index (χ2n) is 6.87. The molecule has 138 valence electrons. The van der Waals surface area contributed by atoms with E-state index >= 15 is 0 Å². The van der Waals surface area contributed by atoms with Crippen molar-refractivity contribution in [3.63, 3.8) is 0 Å². The second kappa shape index (κ2) is 7.23. The van der Waals surface area contributed by atoms with Crippen molar-refractivity contribution in [3.05, 3.63) is 66.1 Å². The smallest absolute Gasteiger partial charge is 0.253 e. The Balaban J connectivity index is 1.45. The van der Waals surface area contributed by atoms with Crippen LogP contribution in [0.5, 0.6) is 0 Å². The summed E-state index contributed by atoms with van der Waals surface area (Å²) in [5.74, 6) is -0.958. The molecule has 3 aromatic rings. The minimum absolute atomic E-state index is 0.0743. The first kappa shape index (κ1) is 17.3. The largest absolute Gasteiger partial charge is 0.361 e. The predicted octanol–water partition coefficient (Wildman–Crippen LogP) is 3.80. The molecule has 6 heteroatoms. The first-order valence-corrected chi connectivity index (χ1v) is 9.03. The number of hydrogen-bond acceptors (Lipinski definition) is 2. The zero-order valence-electron chi connectivity index (χ0n) is 14.7. The Hall–Kier alpha value is -3.15. The van der Waals surface area contributed by atoms with Gasteiger partial charge < -0.3 is 15.2 Å². The standard InChI is InChI=1S/C21H20FN3O2/c22-17-4-1-5-18(12-17)24-20(26)16-3-2-10-25(13-16)21(27)15-7-6-14-8-9-23-19(14)11-15/h1,4-9,11-12,16,23H,2-3,10,13H2,(H,24,26). The lowest BCUT2D eigenvalue weighted by atomic mass is 9.96. The summed E-state index contributed by atoms with van der Waals surface area (Å²) in [6, 6.07) is 13.3. The average molecular weight is 365 g/mol. The molecule has 1 atom stereocenters. The number of hydrogen-bond donors (Lipinski definition) is 2. The third-order valence-electron chi connectivity index (χ3n) is 4.97. The van der Waals surface area contributed by atoms with Crippen molar-refractivity contribution in [2.45, 2.75) is 12.8 Å². The fourth-order valence-corrected chi connectivity index (χ4v) is 3.55. The number of fused-ring (bicyclic) bond motifs is 1. The van der Waals surface area contributed by atoms with Crippen LogP contribution in [0.25, 0.3) is 10.9 Å². The quantitative estimate of drug-likeness (QED) is 0.741. The van der Waals surface area contributed by atoms with Gasteiger partial charge in [-0.2, -0.15) is 0 Å². The number of benzene rings is 2. The predicted molar refractivity (Wildman–Crippen MR) is 102 cm³/mol. The van der Waals surface area contributed by atoms with Crippen molar-refractivity contribution < 1.29 is 14.0 Å². The van der Waals surface area contributed by atoms with E-state index in [1.54, 1.807) is 17.0 Å². The maximum Gasteiger partial charge on any atom is 0.253 e. The van der Waals surface area contributed by atoms with Crippen molar-refractivity contribution in [1.29, 1.82) is 0 Å². The fourth-order valence-electron chi connectivity index (χ4n) is 3.55. The molecule has 0 radical (unpaired) electrons. The molecule has 2 heterocycles. The number of aromatic nitrogens is 1. The monoisotopic (exact) mass is 365 g/mol. The third-order valence-corrected chi connectivity index (χ3v) is 4.97. The topological polar surface area (TPSA) is 65.2 Å². The molecular weight excluding hydrogens is 345 g/mol. The Morgan fingerprint density at radius 3 is 2.89 bits per heavy atom. The number of amides is 2. The molecule has 0 bridgehead atoms. The number of carbonyl (C=O) groups excluding carboxylic acids is 2. The van der Waals surface area contributed by atoms with Crippen LogP contribution in [-0.2, 0) is 4.79 Å². The lowest BCUT2D eigenvalue weighted by Gasteiger charge is -2.32. The van der Waals surface area contributed by atoms with Crippen LogP contribution in [0.3, 0.4) is 0 Å². The highest BCUT2D eigenvalue weighted by atomic mass is 19.1. The molecule has 1 aliphatic heterocycles. The van der Waals surface area contributed by atoms with Crippen molar-refractivity contribution in [1.82, 2.24) is 9.88 Å². The van der Waals surface area contributed by atoms with Gasteiger partial charge in [0.2, 0.25) is 5.91 Å². The number of carbonyl (C=O) groups is 2. The van der Waals surface area contributed by atoms with Crippen molar-refractivity contribution >= 4 is 28.4 Å². The summed E-state index contributed by atoms with van der Waals surface area (Å²) in [6.07, 6.45) is 3.31. The maximum atomic E-state index is 13.3. The molecule has 4 rings (SSSR count). The first-order valence-electron chi connectivity index (χ1n) is 9.03. The van der Waals surface area contributed by atoms with E-state index in [-0.39, 0.29) is 17.7 Å². The molecule has 2 N–H and O–H groups in total. The number of nitrogens with zero attached hydrogens (tertiary/aromatic N) is 1. The summed E-state index contributed by atoms with van der Waals surface area (Å²) < 4.78 is 13.3. The van der Waals surface area contributed by atoms with Crippen molar-refractivity contribution in [3.8, 4) is 0 Å². The Morgan fingerprint density at radius 2 is 2.04 bits per heavy atom. The normalized spacial score (nSPS) is 17.1. The van der Waals surface area contributed by atoms with Crippen LogP contribution in [-0.4, -0.2) is 34.8 Å². The summed E-state index contributed by atoms with van der Waals surface area (Å²) in [7, 11) is 0. The SMILES string of the molecule is O=C(Nc1cccc(F)c1)C1CCCN(C(=O)c2ccc3cc[nH]c3c2)C1. The molecule has 1 unspecified atom stereocenters. The number of nitrogens with one attached hydrogen (secondary N) is 2. The molecule has 5 nitrogen and oxygen atoms in total. The van der Waals surface area contributed by atoms with Gasteiger partial charge in [-0.3, -0.25) is 9.59 Å². The highest BCUT2D eigenvalue weighted by Gasteiger charge is 2.29. The average Bonchev–Trinajstić information content (AvgIpc) is 3.15. The van der Waals surface area contributed by atoms with Crippen molar-refractivity contribution in [2.24, 2.45) is 5.92 Å². The Kier molecular flexibility index (Phi) is 4.62. The molecule has 2 aromatic carbocycles. The molecule has 1 aliphatic rings. The second-order valence-corrected chi connectivity index (χ2v) is 6.87. The van der Waals surface area contributed by atoms with E-state index in [1.807, 2.05) is 30.5 Å². The highest BCUT2D eigenvalue weighted by molar-refractivity contribution is 5.99. The van der Waals surface area contributed by atoms with Crippen LogP contribution >= 0.6 is 0 Å². The number of halogens is 1. The van der Waals surface area contributed by atoms with Gasteiger partial charge in [-0.1, -0.05) is 12.1 Å². The van der Waals surface area contributed by atoms with Crippen LogP contribution in [0, 0.1) is 11.7 Å². The summed E-state index contributed by atoms with van der Waals surface area (Å²) in [5, 5.41) is 3.80. The van der Waals surface area contributed by atoms with Crippen LogP contribution < -0.4 is 5.32 Å². The van der Waals surface area contributed by atoms with E-state index in [1.165, 1.54) is 12.1 Å². The summed E-state index contributed by atoms with van der Waals surface area (Å²) in [4.78, 5) is 30.3. The van der Waals surface area contributed by atoms with Gasteiger partial charge in [-0.05, 0) is 54.6 Å². The van der Waals surface area contributed by atoms with Gasteiger partial charge in [0.25, 0.3) is 5.91 Å². The van der Waals surface area contributed by atoms with Crippen molar-refractivity contribution in [2.75, 3.05) is 18.4 Å². The lowest BCUT2D eigenvalue weighted by molar-refractivity contribution is -0.121. The van der Waals surface area contributed by atoms with Gasteiger partial charge in [0.05, 0.1) is 5.92 Å². The Labute approximate surface area is 156 Å². The Morgan fingerprint density at radius 1 is 1.15 bits per heavy atom. The first-order chi connectivity index (χ1) is 13.1. The van der Waals surface area contributed by atoms with Crippen LogP contribution in [0.4, 0.5) is 10.1 Å². The molecule has 0 aliphatic carbocycles. The zero-order valence-corrected chi connectivity index (χ0v) is 14.7. The fraction of sp³-hybridized carbons (Fsp3) is 0.238. The van der Waals surface area contributed by atoms with E-state index in [2.05, 4.69) is 10.3 Å². The third kappa shape index (κ3) is 3.69. The molecule has 0 spiro atoms. The minimum Gasteiger partial charge on any atom is -0.361 e. The van der Waals surface area contributed by atoms with E-state index in [9.17, 15) is 14.0 Å². The summed E-state index contributed by atoms with van der Waals surface area (Å²) >= 11 is 0. The molecule has 2 amide bonds. The van der Waals surface area contributed by atoms with E-state index < -0.39 is 5.82 Å². The molecule has 27 heavy (non-hydrogen) atoms. The van der Waals surface area contributed by atoms with Crippen LogP contribution in [0.15, 0.2) is 54.7 Å². The van der Waals surface area contributed by atoms with Crippen LogP contribution in [0.1, 0.15) is 23.2 Å². The van der Waals surface area contributed by atoms with Gasteiger partial charge in [0, 0.05) is 36.1 Å². The highest BCUT2D eigenvalue weighted by Crippen LogP contribution is 2.22. The van der Waals surface area contributed by atoms with Gasteiger partial charge in [0.15, 0.2) is 0 Å². The number of H-pyrrole nitrogens is 1. The summed E-state index contributed by atoms with van der Waals surface area (Å²) in [6.45, 7) is 0.994. The molecule has 1 aromatic heterocycles. The van der Waals surface area contributed by atoms with E-state index in [0.717, 1.165) is 17.3 Å². The van der Waals surface area contributed by atoms with Gasteiger partial charge >= 0.3 is 0 Å². The number of aromatic amines is 1. The Bertz CT molecular complexity index is 998. The van der Waals surface area contributed by atoms with E-state index in [0.29, 0.717) is 30.8 Å².